The van der Waals surface area contributed by atoms with E-state index in [1.807, 2.05) is 26.1 Å². The molecule has 0 fully saturated rings. The van der Waals surface area contributed by atoms with Crippen LogP contribution in [0.2, 0.25) is 5.02 Å². The first-order valence-corrected chi connectivity index (χ1v) is 5.59. The average molecular weight is 241 g/mol. The molecule has 0 bridgehead atoms. The van der Waals surface area contributed by atoms with Crippen LogP contribution in [0.3, 0.4) is 0 Å². The van der Waals surface area contributed by atoms with Gasteiger partial charge >= 0.3 is 0 Å². The van der Waals surface area contributed by atoms with E-state index in [-0.39, 0.29) is 5.91 Å². The molecule has 0 aliphatic heterocycles. The van der Waals surface area contributed by atoms with Crippen LogP contribution in [0.4, 0.5) is 0 Å². The number of hydrogen-bond donors (Lipinski definition) is 1. The minimum Gasteiger partial charge on any atom is -0.340 e. The minimum atomic E-state index is 0.000787. The van der Waals surface area contributed by atoms with Gasteiger partial charge in [-0.2, -0.15) is 0 Å². The average Bonchev–Trinajstić information content (AvgIpc) is 2.23. The van der Waals surface area contributed by atoms with Crippen molar-refractivity contribution in [2.75, 3.05) is 27.2 Å². The predicted octanol–water partition coefficient (Wildman–Crippen LogP) is 1.94. The van der Waals surface area contributed by atoms with Crippen molar-refractivity contribution in [1.29, 1.82) is 0 Å². The predicted molar refractivity (Wildman–Crippen MR) is 67.1 cm³/mol. The highest BCUT2D eigenvalue weighted by Gasteiger charge is 2.11. The van der Waals surface area contributed by atoms with Crippen molar-refractivity contribution in [3.05, 3.63) is 34.3 Å². The topological polar surface area (TPSA) is 32.3 Å². The highest BCUT2D eigenvalue weighted by molar-refractivity contribution is 6.31. The molecule has 16 heavy (non-hydrogen) atoms. The summed E-state index contributed by atoms with van der Waals surface area (Å²) in [5.74, 6) is 0.000787. The van der Waals surface area contributed by atoms with E-state index in [1.54, 1.807) is 18.0 Å². The zero-order valence-corrected chi connectivity index (χ0v) is 10.6. The number of carbonyl (C=O) groups is 1. The smallest absolute Gasteiger partial charge is 0.253 e. The number of hydrogen-bond acceptors (Lipinski definition) is 2. The van der Waals surface area contributed by atoms with Gasteiger partial charge in [0.1, 0.15) is 0 Å². The number of benzene rings is 1. The molecule has 1 amide bonds. The third-order valence-electron chi connectivity index (χ3n) is 2.33. The zero-order chi connectivity index (χ0) is 12.1. The quantitative estimate of drug-likeness (QED) is 0.873. The molecule has 88 valence electrons. The Hall–Kier alpha value is -1.06. The molecule has 4 heteroatoms. The van der Waals surface area contributed by atoms with Gasteiger partial charge in [-0.05, 0) is 37.7 Å². The van der Waals surface area contributed by atoms with Crippen LogP contribution >= 0.6 is 11.6 Å². The number of nitrogens with zero attached hydrogens (tertiary/aromatic N) is 1. The fraction of sp³-hybridized carbons (Fsp3) is 0.417. The van der Waals surface area contributed by atoms with E-state index < -0.39 is 0 Å². The highest BCUT2D eigenvalue weighted by Crippen LogP contribution is 2.15. The Labute approximate surface area is 101 Å². The first-order valence-electron chi connectivity index (χ1n) is 5.22. The molecule has 0 heterocycles. The summed E-state index contributed by atoms with van der Waals surface area (Å²) < 4.78 is 0. The van der Waals surface area contributed by atoms with Gasteiger partial charge in [0.15, 0.2) is 0 Å². The number of rotatable bonds is 4. The molecule has 0 aromatic heterocycles. The molecule has 0 atom stereocenters. The molecule has 1 N–H and O–H groups in total. The molecule has 1 aromatic rings. The number of likely N-dealkylation sites (N-methyl/N-ethyl adjacent to an activating group) is 2. The van der Waals surface area contributed by atoms with Gasteiger partial charge in [0.2, 0.25) is 0 Å². The molecule has 0 saturated heterocycles. The first-order chi connectivity index (χ1) is 7.54. The molecule has 1 aromatic carbocycles. The van der Waals surface area contributed by atoms with Crippen LogP contribution in [-0.2, 0) is 0 Å². The summed E-state index contributed by atoms with van der Waals surface area (Å²) in [4.78, 5) is 13.7. The van der Waals surface area contributed by atoms with Crippen LogP contribution in [-0.4, -0.2) is 38.0 Å². The van der Waals surface area contributed by atoms with Crippen molar-refractivity contribution in [2.45, 2.75) is 6.92 Å². The Balaban J connectivity index is 2.79. The monoisotopic (exact) mass is 240 g/mol. The maximum Gasteiger partial charge on any atom is 0.253 e. The van der Waals surface area contributed by atoms with E-state index in [1.165, 1.54) is 0 Å². The Morgan fingerprint density at radius 1 is 1.44 bits per heavy atom. The van der Waals surface area contributed by atoms with E-state index in [2.05, 4.69) is 5.32 Å². The third kappa shape index (κ3) is 3.51. The second kappa shape index (κ2) is 5.87. The molecule has 0 radical (unpaired) electrons. The Morgan fingerprint density at radius 2 is 2.12 bits per heavy atom. The fourth-order valence-corrected chi connectivity index (χ4v) is 1.75. The lowest BCUT2D eigenvalue weighted by atomic mass is 10.1. The summed E-state index contributed by atoms with van der Waals surface area (Å²) in [6, 6.07) is 5.39. The van der Waals surface area contributed by atoms with Gasteiger partial charge in [-0.3, -0.25) is 4.79 Å². The maximum absolute atomic E-state index is 12.0. The standard InChI is InChI=1S/C12H17ClN2O/c1-9-6-10(8-11(13)7-9)12(16)15(3)5-4-14-2/h6-8,14H,4-5H2,1-3H3. The summed E-state index contributed by atoms with van der Waals surface area (Å²) in [5.41, 5.74) is 1.64. The molecule has 0 aliphatic rings. The molecule has 0 aliphatic carbocycles. The van der Waals surface area contributed by atoms with Crippen molar-refractivity contribution in [3.63, 3.8) is 0 Å². The van der Waals surface area contributed by atoms with E-state index in [0.29, 0.717) is 17.1 Å². The lowest BCUT2D eigenvalue weighted by Crippen LogP contribution is -2.32. The van der Waals surface area contributed by atoms with Crippen molar-refractivity contribution >= 4 is 17.5 Å². The van der Waals surface area contributed by atoms with Crippen LogP contribution in [0.15, 0.2) is 18.2 Å². The molecule has 1 rings (SSSR count). The van der Waals surface area contributed by atoms with Gasteiger partial charge in [0, 0.05) is 30.7 Å². The minimum absolute atomic E-state index is 0.000787. The Kier molecular flexibility index (Phi) is 4.77. The van der Waals surface area contributed by atoms with E-state index in [0.717, 1.165) is 12.1 Å². The van der Waals surface area contributed by atoms with Crippen LogP contribution in [0.5, 0.6) is 0 Å². The zero-order valence-electron chi connectivity index (χ0n) is 9.88. The Morgan fingerprint density at radius 3 is 2.69 bits per heavy atom. The van der Waals surface area contributed by atoms with Gasteiger partial charge in [-0.25, -0.2) is 0 Å². The van der Waals surface area contributed by atoms with Gasteiger partial charge in [0.25, 0.3) is 5.91 Å². The normalized spacial score (nSPS) is 10.2. The van der Waals surface area contributed by atoms with E-state index >= 15 is 0 Å². The Bertz CT molecular complexity index is 359. The molecule has 0 spiro atoms. The second-order valence-corrected chi connectivity index (χ2v) is 4.28. The largest absolute Gasteiger partial charge is 0.340 e. The van der Waals surface area contributed by atoms with Crippen molar-refractivity contribution in [1.82, 2.24) is 10.2 Å². The number of amides is 1. The molecular weight excluding hydrogens is 224 g/mol. The summed E-state index contributed by atoms with van der Waals surface area (Å²) in [5, 5.41) is 3.61. The molecule has 0 saturated carbocycles. The first kappa shape index (κ1) is 13.0. The molecular formula is C12H17ClN2O. The van der Waals surface area contributed by atoms with Crippen LogP contribution < -0.4 is 5.32 Å². The molecule has 0 unspecified atom stereocenters. The van der Waals surface area contributed by atoms with Crippen molar-refractivity contribution in [2.24, 2.45) is 0 Å². The third-order valence-corrected chi connectivity index (χ3v) is 2.55. The second-order valence-electron chi connectivity index (χ2n) is 3.85. The molecule has 3 nitrogen and oxygen atoms in total. The summed E-state index contributed by atoms with van der Waals surface area (Å²) >= 11 is 5.92. The van der Waals surface area contributed by atoms with Gasteiger partial charge in [-0.15, -0.1) is 0 Å². The van der Waals surface area contributed by atoms with Gasteiger partial charge in [-0.1, -0.05) is 11.6 Å². The fourth-order valence-electron chi connectivity index (χ4n) is 1.46. The van der Waals surface area contributed by atoms with Crippen LogP contribution in [0.1, 0.15) is 15.9 Å². The van der Waals surface area contributed by atoms with E-state index in [9.17, 15) is 4.79 Å². The van der Waals surface area contributed by atoms with Gasteiger partial charge in [0.05, 0.1) is 0 Å². The summed E-state index contributed by atoms with van der Waals surface area (Å²) in [6.45, 7) is 3.39. The SMILES string of the molecule is CNCCN(C)C(=O)c1cc(C)cc(Cl)c1. The van der Waals surface area contributed by atoms with Gasteiger partial charge < -0.3 is 10.2 Å². The summed E-state index contributed by atoms with van der Waals surface area (Å²) in [6.07, 6.45) is 0. The summed E-state index contributed by atoms with van der Waals surface area (Å²) in [7, 11) is 3.65. The van der Waals surface area contributed by atoms with Crippen molar-refractivity contribution < 1.29 is 4.79 Å². The van der Waals surface area contributed by atoms with Crippen LogP contribution in [0.25, 0.3) is 0 Å². The number of nitrogens with one attached hydrogen (secondary N) is 1. The number of aryl methyl sites for hydroxylation is 1. The lowest BCUT2D eigenvalue weighted by molar-refractivity contribution is 0.0797. The number of halogens is 1. The lowest BCUT2D eigenvalue weighted by Gasteiger charge is -2.17. The maximum atomic E-state index is 12.0. The number of carbonyl (C=O) groups excluding carboxylic acids is 1. The van der Waals surface area contributed by atoms with Crippen molar-refractivity contribution in [3.8, 4) is 0 Å². The van der Waals surface area contributed by atoms with E-state index in [4.69, 9.17) is 11.6 Å². The highest BCUT2D eigenvalue weighted by atomic mass is 35.5. The van der Waals surface area contributed by atoms with Crippen LogP contribution in [0, 0.1) is 6.92 Å².